The third-order valence-electron chi connectivity index (χ3n) is 3.19. The second-order valence-corrected chi connectivity index (χ2v) is 5.25. The van der Waals surface area contributed by atoms with Crippen LogP contribution >= 0.6 is 0 Å². The molecule has 0 aliphatic rings. The largest absolute Gasteiger partial charge is 0.494 e. The molecule has 1 atom stereocenters. The lowest BCUT2D eigenvalue weighted by atomic mass is 10.0. The first kappa shape index (κ1) is 14.5. The van der Waals surface area contributed by atoms with Crippen LogP contribution in [0, 0.1) is 12.8 Å². The zero-order valence-electron chi connectivity index (χ0n) is 11.5. The summed E-state index contributed by atoms with van der Waals surface area (Å²) in [7, 11) is 0. The van der Waals surface area contributed by atoms with E-state index < -0.39 is 11.2 Å². The van der Waals surface area contributed by atoms with Crippen LogP contribution in [0.3, 0.4) is 0 Å². The Bertz CT molecular complexity index is 514. The van der Waals surface area contributed by atoms with Gasteiger partial charge in [0.1, 0.15) is 0 Å². The molecule has 0 spiro atoms. The number of H-pyrrole nitrogens is 1. The van der Waals surface area contributed by atoms with Crippen LogP contribution in [0.2, 0.25) is 0 Å². The highest BCUT2D eigenvalue weighted by Crippen LogP contribution is 2.20. The molecule has 0 aliphatic heterocycles. The molecule has 0 radical (unpaired) electrons. The molecule has 0 saturated carbocycles. The van der Waals surface area contributed by atoms with E-state index in [4.69, 9.17) is 0 Å². The van der Waals surface area contributed by atoms with Gasteiger partial charge in [-0.05, 0) is 26.2 Å². The Morgan fingerprint density at radius 2 is 1.83 bits per heavy atom. The fourth-order valence-electron chi connectivity index (χ4n) is 1.99. The summed E-state index contributed by atoms with van der Waals surface area (Å²) in [6, 6.07) is -0.119. The van der Waals surface area contributed by atoms with Crippen molar-refractivity contribution in [1.29, 1.82) is 0 Å². The van der Waals surface area contributed by atoms with Gasteiger partial charge in [0.25, 0.3) is 5.56 Å². The Balaban J connectivity index is 2.93. The highest BCUT2D eigenvalue weighted by Gasteiger charge is 2.15. The number of hydrogen-bond donors (Lipinski definition) is 2. The maximum absolute atomic E-state index is 11.7. The Morgan fingerprint density at radius 1 is 1.22 bits per heavy atom. The first-order valence-corrected chi connectivity index (χ1v) is 6.39. The van der Waals surface area contributed by atoms with Crippen molar-refractivity contribution in [3.05, 3.63) is 26.4 Å². The molecule has 0 aliphatic carbocycles. The predicted molar refractivity (Wildman–Crippen MR) is 71.1 cm³/mol. The monoisotopic (exact) mass is 254 g/mol. The van der Waals surface area contributed by atoms with Gasteiger partial charge in [-0.2, -0.15) is 0 Å². The highest BCUT2D eigenvalue weighted by molar-refractivity contribution is 5.20. The molecule has 102 valence electrons. The average Bonchev–Trinajstić information content (AvgIpc) is 2.25. The standard InChI is InChI=1S/C13H22N2O3/c1-8(2)6-5-7-9(3)15-12(17)10(4)11(16)14-13(15)18/h8-9,17H,5-7H2,1-4H3,(H,14,16,18). The van der Waals surface area contributed by atoms with Crippen molar-refractivity contribution in [3.63, 3.8) is 0 Å². The number of aromatic nitrogens is 2. The molecule has 1 aromatic rings. The van der Waals surface area contributed by atoms with Crippen LogP contribution in [0.5, 0.6) is 5.88 Å². The molecule has 1 unspecified atom stereocenters. The lowest BCUT2D eigenvalue weighted by molar-refractivity contribution is 0.349. The number of aromatic amines is 1. The van der Waals surface area contributed by atoms with Crippen molar-refractivity contribution in [2.45, 2.75) is 53.0 Å². The quantitative estimate of drug-likeness (QED) is 0.843. The molecule has 5 heteroatoms. The Hall–Kier alpha value is -1.52. The van der Waals surface area contributed by atoms with Gasteiger partial charge in [-0.1, -0.05) is 26.7 Å². The van der Waals surface area contributed by atoms with Gasteiger partial charge in [0, 0.05) is 6.04 Å². The molecule has 0 saturated heterocycles. The van der Waals surface area contributed by atoms with Gasteiger partial charge in [0.15, 0.2) is 0 Å². The summed E-state index contributed by atoms with van der Waals surface area (Å²) in [6.45, 7) is 7.68. The van der Waals surface area contributed by atoms with Crippen LogP contribution in [0.15, 0.2) is 9.59 Å². The van der Waals surface area contributed by atoms with E-state index in [1.165, 1.54) is 11.5 Å². The van der Waals surface area contributed by atoms with E-state index in [9.17, 15) is 14.7 Å². The summed E-state index contributed by atoms with van der Waals surface area (Å²) in [5.74, 6) is 0.403. The van der Waals surface area contributed by atoms with E-state index in [1.54, 1.807) is 0 Å². The second-order valence-electron chi connectivity index (χ2n) is 5.25. The van der Waals surface area contributed by atoms with Crippen molar-refractivity contribution >= 4 is 0 Å². The first-order valence-electron chi connectivity index (χ1n) is 6.39. The van der Waals surface area contributed by atoms with Gasteiger partial charge in [-0.3, -0.25) is 14.3 Å². The average molecular weight is 254 g/mol. The van der Waals surface area contributed by atoms with Crippen LogP contribution < -0.4 is 11.2 Å². The van der Waals surface area contributed by atoms with E-state index in [0.717, 1.165) is 19.3 Å². The molecule has 1 rings (SSSR count). The summed E-state index contributed by atoms with van der Waals surface area (Å²) in [4.78, 5) is 25.2. The van der Waals surface area contributed by atoms with Gasteiger partial charge >= 0.3 is 5.69 Å². The Kier molecular flexibility index (Phi) is 4.76. The number of nitrogens with zero attached hydrogens (tertiary/aromatic N) is 1. The predicted octanol–water partition coefficient (Wildman–Crippen LogP) is 1.94. The van der Waals surface area contributed by atoms with E-state index in [2.05, 4.69) is 18.8 Å². The van der Waals surface area contributed by atoms with Crippen molar-refractivity contribution in [1.82, 2.24) is 9.55 Å². The van der Waals surface area contributed by atoms with E-state index in [-0.39, 0.29) is 17.5 Å². The molecule has 2 N–H and O–H groups in total. The number of aromatic hydroxyl groups is 1. The lowest BCUT2D eigenvalue weighted by Gasteiger charge is -2.17. The zero-order valence-corrected chi connectivity index (χ0v) is 11.5. The maximum atomic E-state index is 11.7. The van der Waals surface area contributed by atoms with Gasteiger partial charge < -0.3 is 5.11 Å². The Labute approximate surface area is 106 Å². The normalized spacial score (nSPS) is 12.9. The number of rotatable bonds is 5. The molecule has 1 heterocycles. The minimum Gasteiger partial charge on any atom is -0.494 e. The van der Waals surface area contributed by atoms with Crippen molar-refractivity contribution in [2.24, 2.45) is 5.92 Å². The van der Waals surface area contributed by atoms with Crippen LogP contribution in [0.1, 0.15) is 51.6 Å². The van der Waals surface area contributed by atoms with E-state index >= 15 is 0 Å². The molecule has 0 aromatic carbocycles. The summed E-state index contributed by atoms with van der Waals surface area (Å²) in [5.41, 5.74) is -0.881. The van der Waals surface area contributed by atoms with Gasteiger partial charge in [-0.25, -0.2) is 4.79 Å². The Morgan fingerprint density at radius 3 is 2.39 bits per heavy atom. The SMILES string of the molecule is Cc1c(O)n(C(C)CCCC(C)C)c(=O)[nH]c1=O. The molecule has 0 fully saturated rings. The lowest BCUT2D eigenvalue weighted by Crippen LogP contribution is -2.33. The van der Waals surface area contributed by atoms with Crippen molar-refractivity contribution < 1.29 is 5.11 Å². The van der Waals surface area contributed by atoms with Gasteiger partial charge in [0.05, 0.1) is 5.56 Å². The maximum Gasteiger partial charge on any atom is 0.331 e. The number of hydrogen-bond acceptors (Lipinski definition) is 3. The third-order valence-corrected chi connectivity index (χ3v) is 3.19. The first-order chi connectivity index (χ1) is 8.34. The van der Waals surface area contributed by atoms with E-state index in [0.29, 0.717) is 5.92 Å². The topological polar surface area (TPSA) is 75.1 Å². The second kappa shape index (κ2) is 5.89. The van der Waals surface area contributed by atoms with E-state index in [1.807, 2.05) is 6.92 Å². The summed E-state index contributed by atoms with van der Waals surface area (Å²) < 4.78 is 1.26. The zero-order chi connectivity index (χ0) is 13.9. The molecular formula is C13H22N2O3. The number of nitrogens with one attached hydrogen (secondary N) is 1. The van der Waals surface area contributed by atoms with Crippen LogP contribution in [-0.4, -0.2) is 14.7 Å². The molecule has 5 nitrogen and oxygen atoms in total. The molecule has 0 amide bonds. The fourth-order valence-corrected chi connectivity index (χ4v) is 1.99. The molecule has 1 aromatic heterocycles. The van der Waals surface area contributed by atoms with Crippen LogP contribution in [-0.2, 0) is 0 Å². The smallest absolute Gasteiger partial charge is 0.331 e. The highest BCUT2D eigenvalue weighted by atomic mass is 16.3. The van der Waals surface area contributed by atoms with Gasteiger partial charge in [-0.15, -0.1) is 0 Å². The summed E-state index contributed by atoms with van der Waals surface area (Å²) in [5, 5.41) is 9.88. The minimum atomic E-state index is -0.542. The fraction of sp³-hybridized carbons (Fsp3) is 0.692. The van der Waals surface area contributed by atoms with Crippen LogP contribution in [0.25, 0.3) is 0 Å². The molecule has 18 heavy (non-hydrogen) atoms. The van der Waals surface area contributed by atoms with Gasteiger partial charge in [0.2, 0.25) is 5.88 Å². The molecular weight excluding hydrogens is 232 g/mol. The third kappa shape index (κ3) is 3.24. The summed E-state index contributed by atoms with van der Waals surface area (Å²) in [6.07, 6.45) is 2.88. The molecule has 0 bridgehead atoms. The summed E-state index contributed by atoms with van der Waals surface area (Å²) >= 11 is 0. The minimum absolute atomic E-state index is 0.119. The van der Waals surface area contributed by atoms with Crippen molar-refractivity contribution in [3.8, 4) is 5.88 Å². The van der Waals surface area contributed by atoms with Crippen LogP contribution in [0.4, 0.5) is 0 Å². The van der Waals surface area contributed by atoms with Crippen molar-refractivity contribution in [2.75, 3.05) is 0 Å².